The summed E-state index contributed by atoms with van der Waals surface area (Å²) in [6.45, 7) is 6.35. The minimum Gasteiger partial charge on any atom is -0.372 e. The van der Waals surface area contributed by atoms with E-state index in [1.165, 1.54) is 0 Å². The molecule has 1 unspecified atom stereocenters. The van der Waals surface area contributed by atoms with Crippen LogP contribution in [0.2, 0.25) is 5.02 Å². The van der Waals surface area contributed by atoms with Crippen molar-refractivity contribution < 1.29 is 4.79 Å². The van der Waals surface area contributed by atoms with Crippen LogP contribution in [0, 0.1) is 5.92 Å². The van der Waals surface area contributed by atoms with Crippen molar-refractivity contribution >= 4 is 23.3 Å². The Morgan fingerprint density at radius 3 is 2.58 bits per heavy atom. The van der Waals surface area contributed by atoms with Gasteiger partial charge in [0, 0.05) is 26.3 Å². The topological polar surface area (TPSA) is 45.2 Å². The highest BCUT2D eigenvalue weighted by Crippen LogP contribution is 2.21. The smallest absolute Gasteiger partial charge is 0.255 e. The number of pyridine rings is 1. The van der Waals surface area contributed by atoms with Crippen LogP contribution in [0.5, 0.6) is 0 Å². The summed E-state index contributed by atoms with van der Waals surface area (Å²) in [7, 11) is 3.56. The molecule has 1 rings (SSSR count). The Labute approximate surface area is 120 Å². The van der Waals surface area contributed by atoms with Crippen LogP contribution in [0.4, 0.5) is 5.82 Å². The zero-order valence-corrected chi connectivity index (χ0v) is 13.0. The maximum Gasteiger partial charge on any atom is 0.255 e. The Bertz CT molecular complexity index is 448. The molecule has 5 heteroatoms. The highest BCUT2D eigenvalue weighted by Gasteiger charge is 2.19. The highest BCUT2D eigenvalue weighted by atomic mass is 35.5. The molecule has 0 saturated carbocycles. The van der Waals surface area contributed by atoms with Gasteiger partial charge in [-0.3, -0.25) is 4.79 Å². The highest BCUT2D eigenvalue weighted by molar-refractivity contribution is 6.33. The third-order valence-electron chi connectivity index (χ3n) is 3.12. The third kappa shape index (κ3) is 4.10. The first kappa shape index (κ1) is 15.8. The Morgan fingerprint density at radius 2 is 2.11 bits per heavy atom. The van der Waals surface area contributed by atoms with E-state index in [1.54, 1.807) is 24.2 Å². The summed E-state index contributed by atoms with van der Waals surface area (Å²) in [5.74, 6) is 1.08. The van der Waals surface area contributed by atoms with E-state index in [1.807, 2.05) is 7.05 Å². The van der Waals surface area contributed by atoms with Crippen molar-refractivity contribution in [2.45, 2.75) is 33.2 Å². The van der Waals surface area contributed by atoms with Gasteiger partial charge in [0.2, 0.25) is 0 Å². The normalized spacial score (nSPS) is 12.4. The molecule has 4 nitrogen and oxygen atoms in total. The summed E-state index contributed by atoms with van der Waals surface area (Å²) in [5.41, 5.74) is 0.516. The van der Waals surface area contributed by atoms with E-state index in [0.29, 0.717) is 22.3 Å². The second kappa shape index (κ2) is 6.75. The molecule has 1 N–H and O–H groups in total. The molecule has 106 valence electrons. The van der Waals surface area contributed by atoms with Gasteiger partial charge in [-0.05, 0) is 25.3 Å². The number of carbonyl (C=O) groups is 1. The number of carbonyl (C=O) groups excluding carboxylic acids is 1. The van der Waals surface area contributed by atoms with Gasteiger partial charge in [-0.25, -0.2) is 4.98 Å². The van der Waals surface area contributed by atoms with Gasteiger partial charge in [-0.1, -0.05) is 25.4 Å². The molecule has 1 heterocycles. The van der Waals surface area contributed by atoms with E-state index in [-0.39, 0.29) is 11.9 Å². The summed E-state index contributed by atoms with van der Waals surface area (Å²) in [6, 6.07) is 1.84. The van der Waals surface area contributed by atoms with Crippen molar-refractivity contribution in [2.75, 3.05) is 19.4 Å². The molecule has 1 amide bonds. The lowest BCUT2D eigenvalue weighted by atomic mass is 10.0. The van der Waals surface area contributed by atoms with E-state index in [4.69, 9.17) is 11.6 Å². The summed E-state index contributed by atoms with van der Waals surface area (Å²) < 4.78 is 0. The first-order chi connectivity index (χ1) is 8.86. The van der Waals surface area contributed by atoms with Gasteiger partial charge in [0.05, 0.1) is 10.6 Å². The second-order valence-corrected chi connectivity index (χ2v) is 5.61. The molecular formula is C14H22ClN3O. The van der Waals surface area contributed by atoms with Gasteiger partial charge in [-0.2, -0.15) is 0 Å². The molecule has 1 aromatic heterocycles. The molecule has 0 radical (unpaired) electrons. The average Bonchev–Trinajstić information content (AvgIpc) is 2.36. The maximum absolute atomic E-state index is 12.3. The standard InChI is InChI=1S/C14H22ClN3O/c1-9(2)6-10(3)18(5)14(19)11-7-12(15)13(16-4)17-8-11/h7-10H,6H2,1-5H3,(H,16,17). The molecule has 1 aromatic rings. The molecule has 0 bridgehead atoms. The largest absolute Gasteiger partial charge is 0.372 e. The van der Waals surface area contributed by atoms with Crippen LogP contribution in [0.3, 0.4) is 0 Å². The molecule has 1 atom stereocenters. The minimum absolute atomic E-state index is 0.0507. The van der Waals surface area contributed by atoms with Gasteiger partial charge >= 0.3 is 0 Å². The molecule has 0 aromatic carbocycles. The number of nitrogens with one attached hydrogen (secondary N) is 1. The number of nitrogens with zero attached hydrogens (tertiary/aromatic N) is 2. The Kier molecular flexibility index (Phi) is 5.60. The predicted molar refractivity (Wildman–Crippen MR) is 79.8 cm³/mol. The van der Waals surface area contributed by atoms with Crippen molar-refractivity contribution in [3.05, 3.63) is 22.8 Å². The van der Waals surface area contributed by atoms with Crippen LogP contribution in [0.25, 0.3) is 0 Å². The van der Waals surface area contributed by atoms with Gasteiger partial charge in [0.25, 0.3) is 5.91 Å². The van der Waals surface area contributed by atoms with Crippen molar-refractivity contribution in [3.63, 3.8) is 0 Å². The molecule has 0 aliphatic rings. The first-order valence-electron chi connectivity index (χ1n) is 6.47. The van der Waals surface area contributed by atoms with Gasteiger partial charge < -0.3 is 10.2 Å². The van der Waals surface area contributed by atoms with E-state index in [2.05, 4.69) is 31.1 Å². The number of aromatic nitrogens is 1. The number of rotatable bonds is 5. The summed E-state index contributed by atoms with van der Waals surface area (Å²) in [6.07, 6.45) is 2.52. The summed E-state index contributed by atoms with van der Waals surface area (Å²) >= 11 is 6.05. The average molecular weight is 284 g/mol. The van der Waals surface area contributed by atoms with E-state index in [0.717, 1.165) is 6.42 Å². The zero-order chi connectivity index (χ0) is 14.6. The monoisotopic (exact) mass is 283 g/mol. The lowest BCUT2D eigenvalue weighted by Crippen LogP contribution is -2.36. The van der Waals surface area contributed by atoms with E-state index >= 15 is 0 Å². The second-order valence-electron chi connectivity index (χ2n) is 5.20. The number of hydrogen-bond donors (Lipinski definition) is 1. The third-order valence-corrected chi connectivity index (χ3v) is 3.41. The van der Waals surface area contributed by atoms with Gasteiger partial charge in [-0.15, -0.1) is 0 Å². The Hall–Kier alpha value is -1.29. The molecule has 0 aliphatic heterocycles. The van der Waals surface area contributed by atoms with Crippen LogP contribution in [-0.4, -0.2) is 35.9 Å². The van der Waals surface area contributed by atoms with Crippen molar-refractivity contribution in [1.29, 1.82) is 0 Å². The fourth-order valence-corrected chi connectivity index (χ4v) is 2.24. The fraction of sp³-hybridized carbons (Fsp3) is 0.571. The first-order valence-corrected chi connectivity index (χ1v) is 6.85. The van der Waals surface area contributed by atoms with Crippen LogP contribution in [-0.2, 0) is 0 Å². The lowest BCUT2D eigenvalue weighted by molar-refractivity contribution is 0.0728. The van der Waals surface area contributed by atoms with E-state index < -0.39 is 0 Å². The fourth-order valence-electron chi connectivity index (χ4n) is 1.98. The van der Waals surface area contributed by atoms with Crippen molar-refractivity contribution in [3.8, 4) is 0 Å². The van der Waals surface area contributed by atoms with E-state index in [9.17, 15) is 4.79 Å². The maximum atomic E-state index is 12.3. The molecular weight excluding hydrogens is 262 g/mol. The summed E-state index contributed by atoms with van der Waals surface area (Å²) in [4.78, 5) is 18.2. The Morgan fingerprint density at radius 1 is 1.47 bits per heavy atom. The Balaban J connectivity index is 2.85. The van der Waals surface area contributed by atoms with Crippen LogP contribution >= 0.6 is 11.6 Å². The summed E-state index contributed by atoms with van der Waals surface area (Å²) in [5, 5.41) is 3.33. The zero-order valence-electron chi connectivity index (χ0n) is 12.2. The predicted octanol–water partition coefficient (Wildman–Crippen LogP) is 3.28. The van der Waals surface area contributed by atoms with Crippen LogP contribution in [0.15, 0.2) is 12.3 Å². The molecule has 0 saturated heterocycles. The lowest BCUT2D eigenvalue weighted by Gasteiger charge is -2.26. The van der Waals surface area contributed by atoms with Gasteiger partial charge in [0.1, 0.15) is 5.82 Å². The minimum atomic E-state index is -0.0507. The van der Waals surface area contributed by atoms with Crippen LogP contribution in [0.1, 0.15) is 37.6 Å². The van der Waals surface area contributed by atoms with Crippen molar-refractivity contribution in [2.24, 2.45) is 5.92 Å². The number of hydrogen-bond acceptors (Lipinski definition) is 3. The quantitative estimate of drug-likeness (QED) is 0.902. The number of anilines is 1. The molecule has 0 spiro atoms. The molecule has 0 aliphatic carbocycles. The number of amides is 1. The van der Waals surface area contributed by atoms with Crippen molar-refractivity contribution in [1.82, 2.24) is 9.88 Å². The van der Waals surface area contributed by atoms with Crippen LogP contribution < -0.4 is 5.32 Å². The SMILES string of the molecule is CNc1ncc(C(=O)N(C)C(C)CC(C)C)cc1Cl. The molecule has 19 heavy (non-hydrogen) atoms. The molecule has 0 fully saturated rings. The van der Waals surface area contributed by atoms with Gasteiger partial charge in [0.15, 0.2) is 0 Å². The number of halogens is 1.